The van der Waals surface area contributed by atoms with Crippen LogP contribution in [0.3, 0.4) is 0 Å². The molecule has 3 nitrogen and oxygen atoms in total. The summed E-state index contributed by atoms with van der Waals surface area (Å²) in [6.45, 7) is 6.94. The maximum Gasteiger partial charge on any atom is 0.311 e. The molecule has 110 valence electrons. The van der Waals surface area contributed by atoms with Crippen LogP contribution in [0.25, 0.3) is 0 Å². The Hall–Kier alpha value is -0.770. The molecule has 5 heteroatoms. The van der Waals surface area contributed by atoms with Crippen molar-refractivity contribution in [3.8, 4) is 0 Å². The summed E-state index contributed by atoms with van der Waals surface area (Å²) in [5, 5.41) is 4.43. The van der Waals surface area contributed by atoms with Crippen LogP contribution in [0, 0.1) is 5.92 Å². The molecule has 0 saturated carbocycles. The summed E-state index contributed by atoms with van der Waals surface area (Å²) in [5.41, 5.74) is 0.463. The Kier molecular flexibility index (Phi) is 4.62. The molecule has 1 N–H and O–H groups in total. The van der Waals surface area contributed by atoms with E-state index in [0.717, 1.165) is 5.56 Å². The summed E-state index contributed by atoms with van der Waals surface area (Å²) in [6, 6.07) is 5.40. The van der Waals surface area contributed by atoms with Crippen LogP contribution in [0.4, 0.5) is 0 Å². The van der Waals surface area contributed by atoms with E-state index < -0.39 is 5.60 Å². The third-order valence-electron chi connectivity index (χ3n) is 3.29. The standard InChI is InChI=1S/C15H19Cl2NO2/c1-15(2,3)20-14(19)12-8-18-7-11(12)10-5-4-9(16)6-13(10)17/h4-6,11-12,18H,7-8H2,1-3H3/t11-,12+/m0/s1. The Bertz CT molecular complexity index is 511. The minimum Gasteiger partial charge on any atom is -0.460 e. The van der Waals surface area contributed by atoms with E-state index in [0.29, 0.717) is 23.1 Å². The molecule has 1 fully saturated rings. The number of esters is 1. The highest BCUT2D eigenvalue weighted by Crippen LogP contribution is 2.35. The van der Waals surface area contributed by atoms with Crippen molar-refractivity contribution < 1.29 is 9.53 Å². The maximum atomic E-state index is 12.3. The van der Waals surface area contributed by atoms with E-state index in [1.165, 1.54) is 0 Å². The van der Waals surface area contributed by atoms with Crippen molar-refractivity contribution >= 4 is 29.2 Å². The molecule has 0 spiro atoms. The molecule has 20 heavy (non-hydrogen) atoms. The van der Waals surface area contributed by atoms with E-state index in [4.69, 9.17) is 27.9 Å². The smallest absolute Gasteiger partial charge is 0.311 e. The average Bonchev–Trinajstić information content (AvgIpc) is 2.75. The number of halogens is 2. The maximum absolute atomic E-state index is 12.3. The molecular weight excluding hydrogens is 297 g/mol. The van der Waals surface area contributed by atoms with Crippen molar-refractivity contribution in [3.05, 3.63) is 33.8 Å². The number of hydrogen-bond donors (Lipinski definition) is 1. The summed E-state index contributed by atoms with van der Waals surface area (Å²) < 4.78 is 5.49. The Morgan fingerprint density at radius 2 is 2.00 bits per heavy atom. The highest BCUT2D eigenvalue weighted by molar-refractivity contribution is 6.35. The van der Waals surface area contributed by atoms with Crippen LogP contribution in [0.5, 0.6) is 0 Å². The predicted octanol–water partition coefficient (Wildman–Crippen LogP) is 3.64. The van der Waals surface area contributed by atoms with Gasteiger partial charge in [0, 0.05) is 29.1 Å². The topological polar surface area (TPSA) is 38.3 Å². The molecule has 2 rings (SSSR count). The predicted molar refractivity (Wildman–Crippen MR) is 81.4 cm³/mol. The van der Waals surface area contributed by atoms with Gasteiger partial charge in [-0.15, -0.1) is 0 Å². The van der Waals surface area contributed by atoms with Crippen LogP contribution in [0.1, 0.15) is 32.3 Å². The average molecular weight is 316 g/mol. The van der Waals surface area contributed by atoms with Crippen LogP contribution >= 0.6 is 23.2 Å². The lowest BCUT2D eigenvalue weighted by atomic mass is 9.89. The first-order valence-corrected chi connectivity index (χ1v) is 7.42. The molecule has 0 aromatic heterocycles. The first kappa shape index (κ1) is 15.6. The van der Waals surface area contributed by atoms with E-state index in [1.54, 1.807) is 12.1 Å². The van der Waals surface area contributed by atoms with Crippen LogP contribution in [0.15, 0.2) is 18.2 Å². The molecule has 0 bridgehead atoms. The van der Waals surface area contributed by atoms with Crippen LogP contribution in [-0.2, 0) is 9.53 Å². The van der Waals surface area contributed by atoms with Crippen molar-refractivity contribution in [2.45, 2.75) is 32.3 Å². The summed E-state index contributed by atoms with van der Waals surface area (Å²) in [4.78, 5) is 12.3. The van der Waals surface area contributed by atoms with Crippen molar-refractivity contribution in [3.63, 3.8) is 0 Å². The fraction of sp³-hybridized carbons (Fsp3) is 0.533. The minimum atomic E-state index is -0.478. The summed E-state index contributed by atoms with van der Waals surface area (Å²) in [6.07, 6.45) is 0. The number of hydrogen-bond acceptors (Lipinski definition) is 3. The van der Waals surface area contributed by atoms with Gasteiger partial charge in [-0.2, -0.15) is 0 Å². The lowest BCUT2D eigenvalue weighted by molar-refractivity contribution is -0.159. The molecule has 1 aromatic rings. The van der Waals surface area contributed by atoms with Gasteiger partial charge < -0.3 is 10.1 Å². The molecule has 1 aromatic carbocycles. The Balaban J connectivity index is 2.21. The van der Waals surface area contributed by atoms with Gasteiger partial charge in [0.25, 0.3) is 0 Å². The fourth-order valence-electron chi connectivity index (χ4n) is 2.43. The highest BCUT2D eigenvalue weighted by atomic mass is 35.5. The van der Waals surface area contributed by atoms with Gasteiger partial charge in [0.1, 0.15) is 5.60 Å². The second-order valence-electron chi connectivity index (χ2n) is 6.07. The van der Waals surface area contributed by atoms with Gasteiger partial charge in [0.05, 0.1) is 5.92 Å². The molecule has 0 amide bonds. The lowest BCUT2D eigenvalue weighted by Crippen LogP contribution is -2.31. The SMILES string of the molecule is CC(C)(C)OC(=O)[C@@H]1CNC[C@H]1c1ccc(Cl)cc1Cl. The van der Waals surface area contributed by atoms with E-state index in [2.05, 4.69) is 5.32 Å². The third-order valence-corrected chi connectivity index (χ3v) is 3.85. The van der Waals surface area contributed by atoms with E-state index in [1.807, 2.05) is 26.8 Å². The molecule has 0 unspecified atom stereocenters. The zero-order valence-electron chi connectivity index (χ0n) is 11.9. The largest absolute Gasteiger partial charge is 0.460 e. The quantitative estimate of drug-likeness (QED) is 0.847. The minimum absolute atomic E-state index is 0.0228. The van der Waals surface area contributed by atoms with E-state index >= 15 is 0 Å². The van der Waals surface area contributed by atoms with Crippen LogP contribution < -0.4 is 5.32 Å². The second-order valence-corrected chi connectivity index (χ2v) is 6.91. The monoisotopic (exact) mass is 315 g/mol. The zero-order valence-corrected chi connectivity index (χ0v) is 13.4. The lowest BCUT2D eigenvalue weighted by Gasteiger charge is -2.25. The molecule has 1 saturated heterocycles. The summed E-state index contributed by atoms with van der Waals surface area (Å²) in [5.74, 6) is -0.374. The van der Waals surface area contributed by atoms with E-state index in [9.17, 15) is 4.79 Å². The number of ether oxygens (including phenoxy) is 1. The number of nitrogens with one attached hydrogen (secondary N) is 1. The van der Waals surface area contributed by atoms with Gasteiger partial charge in [-0.3, -0.25) is 4.79 Å². The van der Waals surface area contributed by atoms with Gasteiger partial charge in [0.15, 0.2) is 0 Å². The number of rotatable bonds is 2. The number of carbonyl (C=O) groups is 1. The van der Waals surface area contributed by atoms with Gasteiger partial charge >= 0.3 is 5.97 Å². The van der Waals surface area contributed by atoms with Gasteiger partial charge in [-0.25, -0.2) is 0 Å². The summed E-state index contributed by atoms with van der Waals surface area (Å²) in [7, 11) is 0. The molecule has 0 radical (unpaired) electrons. The third kappa shape index (κ3) is 3.66. The Morgan fingerprint density at radius 3 is 2.60 bits per heavy atom. The molecule has 2 atom stereocenters. The van der Waals surface area contributed by atoms with Crippen molar-refractivity contribution in [1.82, 2.24) is 5.32 Å². The van der Waals surface area contributed by atoms with Crippen LogP contribution in [0.2, 0.25) is 10.0 Å². The van der Waals surface area contributed by atoms with Crippen LogP contribution in [-0.4, -0.2) is 24.7 Å². The van der Waals surface area contributed by atoms with Gasteiger partial charge in [0.2, 0.25) is 0 Å². The Labute approximate surface area is 129 Å². The van der Waals surface area contributed by atoms with Crippen molar-refractivity contribution in [1.29, 1.82) is 0 Å². The second kappa shape index (κ2) is 5.92. The fourth-order valence-corrected chi connectivity index (χ4v) is 2.98. The summed E-state index contributed by atoms with van der Waals surface area (Å²) >= 11 is 12.2. The number of carbonyl (C=O) groups excluding carboxylic acids is 1. The first-order valence-electron chi connectivity index (χ1n) is 6.66. The normalized spacial score (nSPS) is 22.9. The zero-order chi connectivity index (χ0) is 14.9. The van der Waals surface area contributed by atoms with E-state index in [-0.39, 0.29) is 17.8 Å². The molecule has 1 aliphatic rings. The molecule has 0 aliphatic carbocycles. The Morgan fingerprint density at radius 1 is 1.30 bits per heavy atom. The molecule has 1 heterocycles. The first-order chi connectivity index (χ1) is 9.28. The van der Waals surface area contributed by atoms with Gasteiger partial charge in [-0.05, 0) is 38.5 Å². The molecule has 1 aliphatic heterocycles. The number of benzene rings is 1. The van der Waals surface area contributed by atoms with Crippen molar-refractivity contribution in [2.24, 2.45) is 5.92 Å². The highest BCUT2D eigenvalue weighted by Gasteiger charge is 2.37. The van der Waals surface area contributed by atoms with Gasteiger partial charge in [-0.1, -0.05) is 29.3 Å². The van der Waals surface area contributed by atoms with Crippen molar-refractivity contribution in [2.75, 3.05) is 13.1 Å². The molecular formula is C15H19Cl2NO2.